The van der Waals surface area contributed by atoms with Crippen LogP contribution in [0.4, 0.5) is 0 Å². The number of methoxy groups -OCH3 is 1. The summed E-state index contributed by atoms with van der Waals surface area (Å²) in [5, 5.41) is 2.64. The monoisotopic (exact) mass is 214 g/mol. The molecule has 0 aliphatic carbocycles. The number of ether oxygens (including phenoxy) is 1. The highest BCUT2D eigenvalue weighted by molar-refractivity contribution is 5.96. The standard InChI is InChI=1S/C10H18N2O3/c1-7-10(14)12(5-4-6-15-3)8(2)9(13)11-7/h7-8H,4-6H2,1-3H3,(H,11,13). The van der Waals surface area contributed by atoms with Crippen LogP contribution in [-0.2, 0) is 14.3 Å². The second-order valence-electron chi connectivity index (χ2n) is 3.78. The molecule has 1 aliphatic rings. The Morgan fingerprint density at radius 3 is 2.67 bits per heavy atom. The first-order valence-electron chi connectivity index (χ1n) is 5.17. The zero-order valence-corrected chi connectivity index (χ0v) is 9.45. The summed E-state index contributed by atoms with van der Waals surface area (Å²) in [5.41, 5.74) is 0. The molecule has 0 aromatic heterocycles. The number of nitrogens with zero attached hydrogens (tertiary/aromatic N) is 1. The Bertz CT molecular complexity index is 255. The fraction of sp³-hybridized carbons (Fsp3) is 0.800. The van der Waals surface area contributed by atoms with Crippen LogP contribution in [0.5, 0.6) is 0 Å². The molecule has 15 heavy (non-hydrogen) atoms. The molecule has 1 fully saturated rings. The van der Waals surface area contributed by atoms with Crippen LogP contribution >= 0.6 is 0 Å². The van der Waals surface area contributed by atoms with E-state index >= 15 is 0 Å². The molecule has 1 heterocycles. The normalized spacial score (nSPS) is 26.7. The fourth-order valence-corrected chi connectivity index (χ4v) is 1.66. The van der Waals surface area contributed by atoms with Gasteiger partial charge < -0.3 is 15.0 Å². The zero-order chi connectivity index (χ0) is 11.4. The highest BCUT2D eigenvalue weighted by Crippen LogP contribution is 2.09. The lowest BCUT2D eigenvalue weighted by molar-refractivity contribution is -0.148. The molecule has 1 rings (SSSR count). The Hall–Kier alpha value is -1.10. The number of amides is 2. The van der Waals surface area contributed by atoms with E-state index in [0.717, 1.165) is 6.42 Å². The second-order valence-corrected chi connectivity index (χ2v) is 3.78. The van der Waals surface area contributed by atoms with Gasteiger partial charge in [0.15, 0.2) is 0 Å². The van der Waals surface area contributed by atoms with Crippen LogP contribution in [0.1, 0.15) is 20.3 Å². The van der Waals surface area contributed by atoms with Gasteiger partial charge in [-0.05, 0) is 20.3 Å². The van der Waals surface area contributed by atoms with Gasteiger partial charge in [0.05, 0.1) is 0 Å². The molecule has 0 radical (unpaired) electrons. The van der Waals surface area contributed by atoms with Crippen LogP contribution in [0.25, 0.3) is 0 Å². The fourth-order valence-electron chi connectivity index (χ4n) is 1.66. The molecule has 0 aromatic carbocycles. The van der Waals surface area contributed by atoms with E-state index in [0.29, 0.717) is 13.2 Å². The van der Waals surface area contributed by atoms with Gasteiger partial charge in [0.25, 0.3) is 0 Å². The van der Waals surface area contributed by atoms with Crippen molar-refractivity contribution in [2.75, 3.05) is 20.3 Å². The summed E-state index contributed by atoms with van der Waals surface area (Å²) in [6, 6.07) is -0.776. The summed E-state index contributed by atoms with van der Waals surface area (Å²) in [7, 11) is 1.62. The third-order valence-electron chi connectivity index (χ3n) is 2.61. The van der Waals surface area contributed by atoms with Gasteiger partial charge in [0.2, 0.25) is 11.8 Å². The number of hydrogen-bond acceptors (Lipinski definition) is 3. The summed E-state index contributed by atoms with van der Waals surface area (Å²) in [4.78, 5) is 24.8. The Kier molecular flexibility index (Phi) is 4.08. The first-order valence-corrected chi connectivity index (χ1v) is 5.17. The Morgan fingerprint density at radius 2 is 2.07 bits per heavy atom. The number of hydrogen-bond donors (Lipinski definition) is 1. The quantitative estimate of drug-likeness (QED) is 0.657. The molecule has 2 unspecified atom stereocenters. The number of carbonyl (C=O) groups excluding carboxylic acids is 2. The van der Waals surface area contributed by atoms with E-state index in [4.69, 9.17) is 4.74 Å². The molecule has 0 bridgehead atoms. The van der Waals surface area contributed by atoms with Crippen molar-refractivity contribution < 1.29 is 14.3 Å². The number of rotatable bonds is 4. The van der Waals surface area contributed by atoms with E-state index in [1.807, 2.05) is 0 Å². The minimum Gasteiger partial charge on any atom is -0.385 e. The third kappa shape index (κ3) is 2.68. The lowest BCUT2D eigenvalue weighted by atomic mass is 10.1. The molecule has 1 aliphatic heterocycles. The Morgan fingerprint density at radius 1 is 1.40 bits per heavy atom. The molecule has 0 spiro atoms. The van der Waals surface area contributed by atoms with Crippen molar-refractivity contribution in [3.05, 3.63) is 0 Å². The van der Waals surface area contributed by atoms with Crippen LogP contribution in [0.3, 0.4) is 0 Å². The van der Waals surface area contributed by atoms with Crippen molar-refractivity contribution in [2.24, 2.45) is 0 Å². The highest BCUT2D eigenvalue weighted by atomic mass is 16.5. The van der Waals surface area contributed by atoms with Gasteiger partial charge in [0.1, 0.15) is 12.1 Å². The molecule has 5 heteroatoms. The van der Waals surface area contributed by atoms with Gasteiger partial charge in [-0.2, -0.15) is 0 Å². The Balaban J connectivity index is 2.57. The largest absolute Gasteiger partial charge is 0.385 e. The van der Waals surface area contributed by atoms with Gasteiger partial charge in [-0.25, -0.2) is 0 Å². The van der Waals surface area contributed by atoms with Crippen LogP contribution in [0.2, 0.25) is 0 Å². The molecular weight excluding hydrogens is 196 g/mol. The maximum absolute atomic E-state index is 11.7. The molecule has 5 nitrogen and oxygen atoms in total. The summed E-state index contributed by atoms with van der Waals surface area (Å²) < 4.78 is 4.92. The number of piperazine rings is 1. The topological polar surface area (TPSA) is 58.6 Å². The Labute approximate surface area is 89.8 Å². The summed E-state index contributed by atoms with van der Waals surface area (Å²) >= 11 is 0. The average molecular weight is 214 g/mol. The molecule has 2 amide bonds. The van der Waals surface area contributed by atoms with Gasteiger partial charge in [-0.15, -0.1) is 0 Å². The molecule has 86 valence electrons. The SMILES string of the molecule is COCCCN1C(=O)C(C)NC(=O)C1C. The smallest absolute Gasteiger partial charge is 0.245 e. The first-order chi connectivity index (χ1) is 7.07. The predicted molar refractivity (Wildman–Crippen MR) is 55.3 cm³/mol. The lowest BCUT2D eigenvalue weighted by Gasteiger charge is -2.36. The second kappa shape index (κ2) is 5.11. The maximum Gasteiger partial charge on any atom is 0.245 e. The molecule has 2 atom stereocenters. The van der Waals surface area contributed by atoms with Crippen LogP contribution < -0.4 is 5.32 Å². The molecule has 0 saturated carbocycles. The van der Waals surface area contributed by atoms with Crippen molar-refractivity contribution in [3.8, 4) is 0 Å². The van der Waals surface area contributed by atoms with Crippen LogP contribution in [-0.4, -0.2) is 49.1 Å². The van der Waals surface area contributed by atoms with Gasteiger partial charge in [-0.3, -0.25) is 9.59 Å². The predicted octanol–water partition coefficient (Wildman–Crippen LogP) is -0.242. The lowest BCUT2D eigenvalue weighted by Crippen LogP contribution is -2.61. The minimum atomic E-state index is -0.406. The average Bonchev–Trinajstić information content (AvgIpc) is 2.20. The van der Waals surface area contributed by atoms with E-state index < -0.39 is 6.04 Å². The first kappa shape index (κ1) is 12.0. The summed E-state index contributed by atoms with van der Waals surface area (Å²) in [6.45, 7) is 4.62. The van der Waals surface area contributed by atoms with Crippen molar-refractivity contribution in [1.29, 1.82) is 0 Å². The highest BCUT2D eigenvalue weighted by Gasteiger charge is 2.34. The summed E-state index contributed by atoms with van der Waals surface area (Å²) in [6.07, 6.45) is 0.757. The van der Waals surface area contributed by atoms with Gasteiger partial charge in [0, 0.05) is 20.3 Å². The van der Waals surface area contributed by atoms with Crippen molar-refractivity contribution in [1.82, 2.24) is 10.2 Å². The molecule has 0 aromatic rings. The number of nitrogens with one attached hydrogen (secondary N) is 1. The van der Waals surface area contributed by atoms with Crippen LogP contribution in [0, 0.1) is 0 Å². The van der Waals surface area contributed by atoms with Gasteiger partial charge >= 0.3 is 0 Å². The zero-order valence-electron chi connectivity index (χ0n) is 9.45. The van der Waals surface area contributed by atoms with Crippen molar-refractivity contribution in [2.45, 2.75) is 32.4 Å². The van der Waals surface area contributed by atoms with Crippen molar-refractivity contribution >= 4 is 11.8 Å². The minimum absolute atomic E-state index is 0.0156. The third-order valence-corrected chi connectivity index (χ3v) is 2.61. The summed E-state index contributed by atoms with van der Waals surface area (Å²) in [5.74, 6) is -0.0993. The molecular formula is C10H18N2O3. The van der Waals surface area contributed by atoms with E-state index in [1.54, 1.807) is 25.9 Å². The van der Waals surface area contributed by atoms with E-state index in [1.165, 1.54) is 0 Å². The maximum atomic E-state index is 11.7. The van der Waals surface area contributed by atoms with E-state index in [2.05, 4.69) is 5.32 Å². The van der Waals surface area contributed by atoms with Crippen molar-refractivity contribution in [3.63, 3.8) is 0 Å². The van der Waals surface area contributed by atoms with Crippen LogP contribution in [0.15, 0.2) is 0 Å². The molecule has 1 saturated heterocycles. The number of carbonyl (C=O) groups is 2. The van der Waals surface area contributed by atoms with Gasteiger partial charge in [-0.1, -0.05) is 0 Å². The molecule has 1 N–H and O–H groups in total. The van der Waals surface area contributed by atoms with E-state index in [9.17, 15) is 9.59 Å². The van der Waals surface area contributed by atoms with E-state index in [-0.39, 0.29) is 17.9 Å².